The van der Waals surface area contributed by atoms with Crippen LogP contribution >= 0.6 is 0 Å². The zero-order valence-electron chi connectivity index (χ0n) is 25.3. The number of halogens is 1. The number of aromatic nitrogens is 2. The Kier molecular flexibility index (Phi) is 8.57. The first-order valence-corrected chi connectivity index (χ1v) is 14.9. The number of nitrogens with one attached hydrogen (secondary N) is 3. The van der Waals surface area contributed by atoms with Crippen LogP contribution in [0, 0.1) is 11.2 Å². The van der Waals surface area contributed by atoms with Gasteiger partial charge < -0.3 is 35.4 Å². The number of nitrogens with zero attached hydrogens (tertiary/aromatic N) is 3. The van der Waals surface area contributed by atoms with Crippen LogP contribution in [-0.2, 0) is 9.59 Å². The van der Waals surface area contributed by atoms with Crippen molar-refractivity contribution in [3.8, 4) is 17.4 Å². The van der Waals surface area contributed by atoms with E-state index in [4.69, 9.17) is 9.47 Å². The number of carbonyl (C=O) groups is 4. The average Bonchev–Trinajstić information content (AvgIpc) is 3.76. The van der Waals surface area contributed by atoms with Gasteiger partial charge in [0.25, 0.3) is 5.91 Å². The summed E-state index contributed by atoms with van der Waals surface area (Å²) in [4.78, 5) is 60.5. The van der Waals surface area contributed by atoms with E-state index in [9.17, 15) is 28.7 Å². The maximum atomic E-state index is 13.2. The first-order chi connectivity index (χ1) is 22.7. The highest BCUT2D eigenvalue weighted by Crippen LogP contribution is 2.47. The van der Waals surface area contributed by atoms with Crippen molar-refractivity contribution < 1.29 is 38.1 Å². The van der Waals surface area contributed by atoms with Crippen molar-refractivity contribution in [3.63, 3.8) is 0 Å². The zero-order chi connectivity index (χ0) is 33.1. The third-order valence-corrected chi connectivity index (χ3v) is 8.33. The van der Waals surface area contributed by atoms with Gasteiger partial charge in [-0.1, -0.05) is 0 Å². The molecule has 47 heavy (non-hydrogen) atoms. The molecular weight excluding hydrogens is 611 g/mol. The Morgan fingerprint density at radius 3 is 2.26 bits per heavy atom. The molecule has 0 radical (unpaired) electrons. The van der Waals surface area contributed by atoms with Crippen LogP contribution in [0.25, 0.3) is 10.9 Å². The molecule has 4 N–H and O–H groups in total. The molecule has 4 amide bonds. The number of hydrogen-bond donors (Lipinski definition) is 4. The van der Waals surface area contributed by atoms with Crippen LogP contribution in [0.2, 0.25) is 0 Å². The lowest BCUT2D eigenvalue weighted by atomic mass is 10.0. The van der Waals surface area contributed by atoms with Crippen molar-refractivity contribution in [1.29, 1.82) is 0 Å². The molecule has 1 saturated heterocycles. The molecule has 1 aliphatic carbocycles. The quantitative estimate of drug-likeness (QED) is 0.177. The minimum Gasteiger partial charge on any atom is -0.496 e. The van der Waals surface area contributed by atoms with Crippen LogP contribution < -0.4 is 25.4 Å². The second-order valence-electron chi connectivity index (χ2n) is 11.4. The van der Waals surface area contributed by atoms with Gasteiger partial charge in [0.05, 0.1) is 29.6 Å². The fourth-order valence-corrected chi connectivity index (χ4v) is 5.53. The minimum atomic E-state index is -1.21. The number of carbonyl (C=O) groups excluding carboxylic acids is 3. The summed E-state index contributed by atoms with van der Waals surface area (Å²) in [5.74, 6) is -0.947. The monoisotopic (exact) mass is 642 g/mol. The first-order valence-electron chi connectivity index (χ1n) is 14.9. The van der Waals surface area contributed by atoms with Crippen molar-refractivity contribution >= 4 is 46.1 Å². The number of ether oxygens (including phenoxy) is 2. The Morgan fingerprint density at radius 2 is 1.64 bits per heavy atom. The van der Waals surface area contributed by atoms with E-state index in [-0.39, 0.29) is 29.8 Å². The number of rotatable bonds is 10. The maximum Gasteiger partial charge on any atom is 0.407 e. The van der Waals surface area contributed by atoms with Gasteiger partial charge in [-0.15, -0.1) is 0 Å². The van der Waals surface area contributed by atoms with Gasteiger partial charge in [0.1, 0.15) is 29.1 Å². The Balaban J connectivity index is 1.13. The molecule has 0 spiro atoms. The summed E-state index contributed by atoms with van der Waals surface area (Å²) >= 11 is 0. The number of hydrogen-bond acceptors (Lipinski definition) is 8. The first kappa shape index (κ1) is 31.2. The molecule has 0 unspecified atom stereocenters. The number of anilines is 2. The molecule has 1 atom stereocenters. The molecule has 13 nitrogen and oxygen atoms in total. The Bertz CT molecular complexity index is 1850. The van der Waals surface area contributed by atoms with Gasteiger partial charge >= 0.3 is 6.09 Å². The molecule has 0 bridgehead atoms. The van der Waals surface area contributed by atoms with Crippen molar-refractivity contribution in [2.75, 3.05) is 30.8 Å². The number of fused-ring (bicyclic) bond motifs is 1. The van der Waals surface area contributed by atoms with Crippen molar-refractivity contribution in [3.05, 3.63) is 78.4 Å². The third-order valence-electron chi connectivity index (χ3n) is 8.33. The lowest BCUT2D eigenvalue weighted by Gasteiger charge is -2.22. The molecule has 242 valence electrons. The summed E-state index contributed by atoms with van der Waals surface area (Å²) in [6.45, 7) is 0.585. The normalized spacial score (nSPS) is 16.3. The van der Waals surface area contributed by atoms with Gasteiger partial charge in [-0.05, 0) is 80.3 Å². The molecule has 6 rings (SSSR count). The van der Waals surface area contributed by atoms with Gasteiger partial charge in [0.2, 0.25) is 17.7 Å². The fraction of sp³-hybridized carbons (Fsp3) is 0.273. The maximum absolute atomic E-state index is 13.2. The SMILES string of the molecule is COc1cc2ncnc(Oc3ccc(NC(=O)C4(C(=O)Nc5ccc(F)cc5)CC4)cc3)c2cc1C(=O)NC[C@@H]1CCCN1C(=O)O. The summed E-state index contributed by atoms with van der Waals surface area (Å²) in [6, 6.07) is 14.6. The molecule has 14 heteroatoms. The van der Waals surface area contributed by atoms with Crippen LogP contribution in [0.3, 0.4) is 0 Å². The lowest BCUT2D eigenvalue weighted by molar-refractivity contribution is -0.131. The van der Waals surface area contributed by atoms with E-state index < -0.39 is 35.0 Å². The topological polar surface area (TPSA) is 172 Å². The number of likely N-dealkylation sites (tertiary alicyclic amines) is 1. The van der Waals surface area contributed by atoms with E-state index in [2.05, 4.69) is 25.9 Å². The summed E-state index contributed by atoms with van der Waals surface area (Å²) < 4.78 is 24.7. The molecule has 1 aromatic heterocycles. The van der Waals surface area contributed by atoms with Gasteiger partial charge in [-0.25, -0.2) is 19.2 Å². The van der Waals surface area contributed by atoms with Gasteiger partial charge in [-0.2, -0.15) is 0 Å². The number of amides is 4. The molecule has 4 aromatic rings. The molecular formula is C33H31FN6O7. The zero-order valence-corrected chi connectivity index (χ0v) is 25.3. The third kappa shape index (κ3) is 6.61. The lowest BCUT2D eigenvalue weighted by Crippen LogP contribution is -2.42. The van der Waals surface area contributed by atoms with Crippen LogP contribution in [0.4, 0.5) is 20.6 Å². The predicted molar refractivity (Wildman–Crippen MR) is 168 cm³/mol. The Labute approximate surface area is 268 Å². The second kappa shape index (κ2) is 12.9. The summed E-state index contributed by atoms with van der Waals surface area (Å²) in [7, 11) is 1.43. The minimum absolute atomic E-state index is 0.157. The highest BCUT2D eigenvalue weighted by Gasteiger charge is 2.56. The van der Waals surface area contributed by atoms with E-state index in [0.717, 1.165) is 6.42 Å². The molecule has 2 aliphatic rings. The largest absolute Gasteiger partial charge is 0.496 e. The standard InChI is InChI=1S/C33H31FN6O7/c1-46-27-16-26-24(15-25(27)28(41)35-17-22-3-2-14-40(22)32(44)45)29(37-18-36-26)47-23-10-8-21(9-11-23)39-31(43)33(12-13-33)30(42)38-20-6-4-19(34)5-7-20/h4-11,15-16,18,22H,2-3,12-14,17H2,1H3,(H,35,41)(H,38,42)(H,39,43)(H,44,45)/t22-/m0/s1. The van der Waals surface area contributed by atoms with E-state index >= 15 is 0 Å². The predicted octanol–water partition coefficient (Wildman–Crippen LogP) is 4.80. The second-order valence-corrected chi connectivity index (χ2v) is 11.4. The molecule has 1 aliphatic heterocycles. The van der Waals surface area contributed by atoms with E-state index in [1.807, 2.05) is 0 Å². The van der Waals surface area contributed by atoms with E-state index in [1.165, 1.54) is 42.6 Å². The average molecular weight is 643 g/mol. The van der Waals surface area contributed by atoms with Gasteiger partial charge in [0.15, 0.2) is 0 Å². The number of methoxy groups -OCH3 is 1. The molecule has 2 heterocycles. The summed E-state index contributed by atoms with van der Waals surface area (Å²) in [6.07, 6.45) is 2.47. The summed E-state index contributed by atoms with van der Waals surface area (Å²) in [5.41, 5.74) is 0.310. The Morgan fingerprint density at radius 1 is 0.979 bits per heavy atom. The number of benzene rings is 3. The summed E-state index contributed by atoms with van der Waals surface area (Å²) in [5, 5.41) is 18.1. The van der Waals surface area contributed by atoms with Gasteiger partial charge in [-0.3, -0.25) is 14.4 Å². The van der Waals surface area contributed by atoms with Crippen LogP contribution in [0.15, 0.2) is 67.0 Å². The Hall–Kier alpha value is -5.79. The molecule has 1 saturated carbocycles. The van der Waals surface area contributed by atoms with E-state index in [1.54, 1.807) is 36.4 Å². The van der Waals surface area contributed by atoms with Crippen LogP contribution in [0.1, 0.15) is 36.0 Å². The highest BCUT2D eigenvalue weighted by atomic mass is 19.1. The van der Waals surface area contributed by atoms with Crippen molar-refractivity contribution in [1.82, 2.24) is 20.2 Å². The molecule has 3 aromatic carbocycles. The van der Waals surface area contributed by atoms with Crippen molar-refractivity contribution in [2.45, 2.75) is 31.7 Å². The number of carboxylic acid groups (broad SMARTS) is 1. The fourth-order valence-electron chi connectivity index (χ4n) is 5.53. The van der Waals surface area contributed by atoms with Crippen LogP contribution in [0.5, 0.6) is 17.4 Å². The highest BCUT2D eigenvalue weighted by molar-refractivity contribution is 6.17. The van der Waals surface area contributed by atoms with Gasteiger partial charge in [0, 0.05) is 30.5 Å². The van der Waals surface area contributed by atoms with Crippen LogP contribution in [-0.4, -0.2) is 70.0 Å². The van der Waals surface area contributed by atoms with E-state index in [0.29, 0.717) is 53.8 Å². The van der Waals surface area contributed by atoms with Crippen molar-refractivity contribution in [2.24, 2.45) is 5.41 Å². The molecule has 2 fully saturated rings. The smallest absolute Gasteiger partial charge is 0.407 e.